The summed E-state index contributed by atoms with van der Waals surface area (Å²) in [4.78, 5) is 13.7. The minimum absolute atomic E-state index is 0.128. The molecule has 1 aromatic carbocycles. The van der Waals surface area contributed by atoms with E-state index in [2.05, 4.69) is 10.2 Å². The molecule has 1 N–H and O–H groups in total. The Labute approximate surface area is 121 Å². The van der Waals surface area contributed by atoms with Gasteiger partial charge >= 0.3 is 0 Å². The van der Waals surface area contributed by atoms with Crippen molar-refractivity contribution in [2.45, 2.75) is 32.1 Å². The Morgan fingerprint density at radius 2 is 1.85 bits per heavy atom. The number of nitrogens with zero attached hydrogens (tertiary/aromatic N) is 1. The Kier molecular flexibility index (Phi) is 7.88. The molecule has 3 nitrogen and oxygen atoms in total. The van der Waals surface area contributed by atoms with E-state index in [1.165, 1.54) is 12.1 Å². The molecule has 112 valence electrons. The Hall–Kier alpha value is -1.42. The Bertz CT molecular complexity index is 390. The largest absolute Gasteiger partial charge is 0.356 e. The fourth-order valence-electron chi connectivity index (χ4n) is 1.98. The van der Waals surface area contributed by atoms with Gasteiger partial charge < -0.3 is 10.2 Å². The maximum absolute atomic E-state index is 12.7. The van der Waals surface area contributed by atoms with E-state index in [1.54, 1.807) is 12.1 Å². The van der Waals surface area contributed by atoms with E-state index in [0.717, 1.165) is 44.3 Å². The lowest BCUT2D eigenvalue weighted by Gasteiger charge is -2.09. The number of nitrogens with one attached hydrogen (secondary N) is 1. The van der Waals surface area contributed by atoms with Crippen molar-refractivity contribution < 1.29 is 9.18 Å². The zero-order valence-corrected chi connectivity index (χ0v) is 12.5. The fourth-order valence-corrected chi connectivity index (χ4v) is 1.98. The van der Waals surface area contributed by atoms with Crippen molar-refractivity contribution in [3.8, 4) is 0 Å². The third-order valence-electron chi connectivity index (χ3n) is 3.14. The van der Waals surface area contributed by atoms with Crippen LogP contribution in [0, 0.1) is 5.82 Å². The standard InChI is InChI=1S/C16H25FN2O/c1-19(2)13-5-12-18-16(20)7-4-3-6-14-8-10-15(17)11-9-14/h8-11H,3-7,12-13H2,1-2H3,(H,18,20). The number of benzene rings is 1. The van der Waals surface area contributed by atoms with Crippen LogP contribution < -0.4 is 5.32 Å². The second-order valence-electron chi connectivity index (χ2n) is 5.34. The van der Waals surface area contributed by atoms with Gasteiger partial charge in [0.15, 0.2) is 0 Å². The first-order chi connectivity index (χ1) is 9.58. The molecule has 0 fully saturated rings. The molecule has 0 bridgehead atoms. The smallest absolute Gasteiger partial charge is 0.219 e. The number of aryl methyl sites for hydroxylation is 1. The van der Waals surface area contributed by atoms with Crippen molar-refractivity contribution in [3.63, 3.8) is 0 Å². The van der Waals surface area contributed by atoms with Gasteiger partial charge in [-0.2, -0.15) is 0 Å². The highest BCUT2D eigenvalue weighted by Gasteiger charge is 2.01. The predicted octanol–water partition coefficient (Wildman–Crippen LogP) is 2.61. The van der Waals surface area contributed by atoms with Crippen LogP contribution in [-0.4, -0.2) is 38.0 Å². The third-order valence-corrected chi connectivity index (χ3v) is 3.14. The Morgan fingerprint density at radius 3 is 2.50 bits per heavy atom. The van der Waals surface area contributed by atoms with Crippen LogP contribution in [0.4, 0.5) is 4.39 Å². The third kappa shape index (κ3) is 7.89. The lowest BCUT2D eigenvalue weighted by atomic mass is 10.1. The predicted molar refractivity (Wildman–Crippen MR) is 80.1 cm³/mol. The van der Waals surface area contributed by atoms with Gasteiger partial charge in [0.25, 0.3) is 0 Å². The molecule has 0 saturated carbocycles. The lowest BCUT2D eigenvalue weighted by Crippen LogP contribution is -2.26. The van der Waals surface area contributed by atoms with Crippen molar-refractivity contribution in [1.82, 2.24) is 10.2 Å². The van der Waals surface area contributed by atoms with Crippen molar-refractivity contribution in [2.24, 2.45) is 0 Å². The summed E-state index contributed by atoms with van der Waals surface area (Å²) in [6.07, 6.45) is 4.28. The molecule has 0 aliphatic heterocycles. The summed E-state index contributed by atoms with van der Waals surface area (Å²) < 4.78 is 12.7. The average Bonchev–Trinajstić information content (AvgIpc) is 2.41. The molecule has 1 amide bonds. The van der Waals surface area contributed by atoms with Crippen LogP contribution in [0.3, 0.4) is 0 Å². The molecule has 0 heterocycles. The number of halogens is 1. The van der Waals surface area contributed by atoms with Crippen LogP contribution in [0.5, 0.6) is 0 Å². The molecule has 0 spiro atoms. The number of rotatable bonds is 9. The fraction of sp³-hybridized carbons (Fsp3) is 0.562. The molecular formula is C16H25FN2O. The van der Waals surface area contributed by atoms with E-state index in [9.17, 15) is 9.18 Å². The summed E-state index contributed by atoms with van der Waals surface area (Å²) in [5, 5.41) is 2.93. The minimum Gasteiger partial charge on any atom is -0.356 e. The van der Waals surface area contributed by atoms with Crippen molar-refractivity contribution >= 4 is 5.91 Å². The summed E-state index contributed by atoms with van der Waals surface area (Å²) in [7, 11) is 4.05. The van der Waals surface area contributed by atoms with Crippen LogP contribution in [0.1, 0.15) is 31.2 Å². The SMILES string of the molecule is CN(C)CCCNC(=O)CCCCc1ccc(F)cc1. The van der Waals surface area contributed by atoms with Gasteiger partial charge in [0.2, 0.25) is 5.91 Å². The summed E-state index contributed by atoms with van der Waals surface area (Å²) in [5.41, 5.74) is 1.12. The number of hydrogen-bond acceptors (Lipinski definition) is 2. The highest BCUT2D eigenvalue weighted by atomic mass is 19.1. The molecule has 0 saturated heterocycles. The number of hydrogen-bond donors (Lipinski definition) is 1. The topological polar surface area (TPSA) is 32.3 Å². The molecule has 0 aromatic heterocycles. The Balaban J connectivity index is 2.03. The van der Waals surface area contributed by atoms with Gasteiger partial charge in [-0.25, -0.2) is 4.39 Å². The zero-order chi connectivity index (χ0) is 14.8. The lowest BCUT2D eigenvalue weighted by molar-refractivity contribution is -0.121. The molecule has 0 aliphatic rings. The van der Waals surface area contributed by atoms with E-state index in [1.807, 2.05) is 14.1 Å². The molecule has 0 atom stereocenters. The van der Waals surface area contributed by atoms with Crippen molar-refractivity contribution in [2.75, 3.05) is 27.2 Å². The molecular weight excluding hydrogens is 255 g/mol. The van der Waals surface area contributed by atoms with Gasteiger partial charge in [-0.3, -0.25) is 4.79 Å². The molecule has 1 rings (SSSR count). The number of amides is 1. The van der Waals surface area contributed by atoms with Crippen LogP contribution >= 0.6 is 0 Å². The molecule has 4 heteroatoms. The second kappa shape index (κ2) is 9.48. The van der Waals surface area contributed by atoms with E-state index < -0.39 is 0 Å². The summed E-state index contributed by atoms with van der Waals surface area (Å²) in [5.74, 6) is -0.0753. The number of carbonyl (C=O) groups excluding carboxylic acids is 1. The first-order valence-corrected chi connectivity index (χ1v) is 7.24. The molecule has 0 radical (unpaired) electrons. The van der Waals surface area contributed by atoms with Gasteiger partial charge in [0.1, 0.15) is 5.82 Å². The molecule has 20 heavy (non-hydrogen) atoms. The maximum Gasteiger partial charge on any atom is 0.219 e. The minimum atomic E-state index is -0.203. The summed E-state index contributed by atoms with van der Waals surface area (Å²) in [6.45, 7) is 1.74. The van der Waals surface area contributed by atoms with E-state index in [0.29, 0.717) is 6.42 Å². The highest BCUT2D eigenvalue weighted by Crippen LogP contribution is 2.08. The summed E-state index contributed by atoms with van der Waals surface area (Å²) in [6, 6.07) is 6.56. The molecule has 1 aromatic rings. The van der Waals surface area contributed by atoms with Gasteiger partial charge in [-0.1, -0.05) is 12.1 Å². The van der Waals surface area contributed by atoms with Gasteiger partial charge in [0, 0.05) is 13.0 Å². The zero-order valence-electron chi connectivity index (χ0n) is 12.5. The second-order valence-corrected chi connectivity index (χ2v) is 5.34. The van der Waals surface area contributed by atoms with E-state index >= 15 is 0 Å². The van der Waals surface area contributed by atoms with Gasteiger partial charge in [-0.15, -0.1) is 0 Å². The van der Waals surface area contributed by atoms with E-state index in [4.69, 9.17) is 0 Å². The maximum atomic E-state index is 12.7. The van der Waals surface area contributed by atoms with Gasteiger partial charge in [0.05, 0.1) is 0 Å². The first kappa shape index (κ1) is 16.6. The van der Waals surface area contributed by atoms with E-state index in [-0.39, 0.29) is 11.7 Å². The average molecular weight is 280 g/mol. The van der Waals surface area contributed by atoms with Gasteiger partial charge in [-0.05, 0) is 64.0 Å². The quantitative estimate of drug-likeness (QED) is 0.705. The van der Waals surface area contributed by atoms with Crippen molar-refractivity contribution in [3.05, 3.63) is 35.6 Å². The van der Waals surface area contributed by atoms with Crippen molar-refractivity contribution in [1.29, 1.82) is 0 Å². The Morgan fingerprint density at radius 1 is 1.15 bits per heavy atom. The van der Waals surface area contributed by atoms with Crippen LogP contribution in [0.2, 0.25) is 0 Å². The van der Waals surface area contributed by atoms with Crippen LogP contribution in [0.25, 0.3) is 0 Å². The molecule has 0 aliphatic carbocycles. The number of unbranched alkanes of at least 4 members (excludes halogenated alkanes) is 1. The molecule has 0 unspecified atom stereocenters. The number of carbonyl (C=O) groups is 1. The van der Waals surface area contributed by atoms with Crippen LogP contribution in [0.15, 0.2) is 24.3 Å². The monoisotopic (exact) mass is 280 g/mol. The normalized spacial score (nSPS) is 10.8. The highest BCUT2D eigenvalue weighted by molar-refractivity contribution is 5.75. The van der Waals surface area contributed by atoms with Crippen LogP contribution in [-0.2, 0) is 11.2 Å². The summed E-state index contributed by atoms with van der Waals surface area (Å²) >= 11 is 0. The first-order valence-electron chi connectivity index (χ1n) is 7.24.